The van der Waals surface area contributed by atoms with Crippen molar-refractivity contribution in [2.75, 3.05) is 24.5 Å². The SMILES string of the molecule is NC[C@H]1CCC[C@@H]1NC(=O)c1cc(N2CCNC2=O)ccc1Cl. The Morgan fingerprint density at radius 2 is 2.26 bits per heavy atom. The van der Waals surface area contributed by atoms with Crippen LogP contribution in [0.15, 0.2) is 18.2 Å². The van der Waals surface area contributed by atoms with Crippen LogP contribution in [-0.2, 0) is 0 Å². The molecule has 1 aliphatic carbocycles. The second-order valence-corrected chi connectivity index (χ2v) is 6.46. The summed E-state index contributed by atoms with van der Waals surface area (Å²) in [5.41, 5.74) is 6.83. The monoisotopic (exact) mass is 336 g/mol. The third-order valence-corrected chi connectivity index (χ3v) is 4.97. The van der Waals surface area contributed by atoms with E-state index in [1.165, 1.54) is 0 Å². The first-order valence-corrected chi connectivity index (χ1v) is 8.34. The fraction of sp³-hybridized carbons (Fsp3) is 0.500. The van der Waals surface area contributed by atoms with Crippen LogP contribution >= 0.6 is 11.6 Å². The van der Waals surface area contributed by atoms with Crippen molar-refractivity contribution in [3.63, 3.8) is 0 Å². The number of nitrogens with zero attached hydrogens (tertiary/aromatic N) is 1. The number of carbonyl (C=O) groups excluding carboxylic acids is 2. The molecule has 1 saturated carbocycles. The summed E-state index contributed by atoms with van der Waals surface area (Å²) in [4.78, 5) is 25.9. The average molecular weight is 337 g/mol. The van der Waals surface area contributed by atoms with Gasteiger partial charge in [-0.2, -0.15) is 0 Å². The molecule has 23 heavy (non-hydrogen) atoms. The van der Waals surface area contributed by atoms with Crippen LogP contribution in [0.5, 0.6) is 0 Å². The van der Waals surface area contributed by atoms with Crippen LogP contribution in [0.4, 0.5) is 10.5 Å². The lowest BCUT2D eigenvalue weighted by Gasteiger charge is -2.21. The summed E-state index contributed by atoms with van der Waals surface area (Å²) in [6.07, 6.45) is 3.07. The average Bonchev–Trinajstić information content (AvgIpc) is 3.16. The number of amides is 3. The van der Waals surface area contributed by atoms with Crippen molar-refractivity contribution >= 4 is 29.2 Å². The van der Waals surface area contributed by atoms with Gasteiger partial charge in [-0.05, 0) is 43.5 Å². The van der Waals surface area contributed by atoms with E-state index in [0.717, 1.165) is 19.3 Å². The minimum atomic E-state index is -0.207. The molecular weight excluding hydrogens is 316 g/mol. The fourth-order valence-corrected chi connectivity index (χ4v) is 3.53. The third kappa shape index (κ3) is 3.28. The second kappa shape index (κ2) is 6.76. The molecule has 0 bridgehead atoms. The molecule has 1 heterocycles. The number of nitrogens with one attached hydrogen (secondary N) is 2. The Hall–Kier alpha value is -1.79. The summed E-state index contributed by atoms with van der Waals surface area (Å²) >= 11 is 6.19. The van der Waals surface area contributed by atoms with E-state index in [9.17, 15) is 9.59 Å². The van der Waals surface area contributed by atoms with Crippen LogP contribution in [0.2, 0.25) is 5.02 Å². The molecule has 6 nitrogen and oxygen atoms in total. The molecule has 0 spiro atoms. The molecule has 1 aromatic rings. The number of nitrogens with two attached hydrogens (primary N) is 1. The van der Waals surface area contributed by atoms with Crippen LogP contribution in [0.1, 0.15) is 29.6 Å². The Balaban J connectivity index is 1.78. The number of urea groups is 1. The van der Waals surface area contributed by atoms with Gasteiger partial charge in [0.1, 0.15) is 0 Å². The molecule has 0 aromatic heterocycles. The van der Waals surface area contributed by atoms with Crippen molar-refractivity contribution in [3.05, 3.63) is 28.8 Å². The van der Waals surface area contributed by atoms with E-state index in [1.54, 1.807) is 23.1 Å². The number of rotatable bonds is 4. The zero-order chi connectivity index (χ0) is 16.4. The Kier molecular flexibility index (Phi) is 4.73. The summed E-state index contributed by atoms with van der Waals surface area (Å²) in [6.45, 7) is 1.76. The number of carbonyl (C=O) groups is 2. The maximum atomic E-state index is 12.6. The number of anilines is 1. The lowest BCUT2D eigenvalue weighted by atomic mass is 10.0. The van der Waals surface area contributed by atoms with E-state index in [2.05, 4.69) is 10.6 Å². The van der Waals surface area contributed by atoms with Gasteiger partial charge in [0, 0.05) is 24.8 Å². The quantitative estimate of drug-likeness (QED) is 0.782. The first-order valence-electron chi connectivity index (χ1n) is 7.96. The lowest BCUT2D eigenvalue weighted by molar-refractivity contribution is 0.0929. The highest BCUT2D eigenvalue weighted by Crippen LogP contribution is 2.27. The second-order valence-electron chi connectivity index (χ2n) is 6.05. The first-order chi connectivity index (χ1) is 11.1. The summed E-state index contributed by atoms with van der Waals surface area (Å²) < 4.78 is 0. The van der Waals surface area contributed by atoms with Crippen LogP contribution in [0, 0.1) is 5.92 Å². The van der Waals surface area contributed by atoms with Gasteiger partial charge in [-0.1, -0.05) is 18.0 Å². The summed E-state index contributed by atoms with van der Waals surface area (Å²) in [5.74, 6) is 0.118. The molecule has 2 aliphatic rings. The van der Waals surface area contributed by atoms with Gasteiger partial charge in [-0.25, -0.2) is 4.79 Å². The molecule has 0 unspecified atom stereocenters. The van der Waals surface area contributed by atoms with Crippen LogP contribution < -0.4 is 21.3 Å². The predicted octanol–water partition coefficient (Wildman–Crippen LogP) is 1.73. The van der Waals surface area contributed by atoms with Gasteiger partial charge in [-0.15, -0.1) is 0 Å². The van der Waals surface area contributed by atoms with Gasteiger partial charge >= 0.3 is 6.03 Å². The standard InChI is InChI=1S/C16H21ClN4O2/c17-13-5-4-11(21-7-6-19-16(21)23)8-12(13)15(22)20-14-3-1-2-10(14)9-18/h4-5,8,10,14H,1-3,6-7,9,18H2,(H,19,23)(H,20,22)/t10-,14+/m1/s1. The third-order valence-electron chi connectivity index (χ3n) is 4.64. The van der Waals surface area contributed by atoms with E-state index in [1.807, 2.05) is 0 Å². The highest BCUT2D eigenvalue weighted by molar-refractivity contribution is 6.34. The van der Waals surface area contributed by atoms with Crippen molar-refractivity contribution in [1.82, 2.24) is 10.6 Å². The summed E-state index contributed by atoms with van der Waals surface area (Å²) in [7, 11) is 0. The minimum absolute atomic E-state index is 0.0994. The molecule has 3 rings (SSSR count). The predicted molar refractivity (Wildman–Crippen MR) is 89.8 cm³/mol. The van der Waals surface area contributed by atoms with E-state index in [4.69, 9.17) is 17.3 Å². The highest BCUT2D eigenvalue weighted by atomic mass is 35.5. The van der Waals surface area contributed by atoms with Crippen LogP contribution in [0.3, 0.4) is 0 Å². The summed E-state index contributed by atoms with van der Waals surface area (Å²) in [6, 6.07) is 5.03. The fourth-order valence-electron chi connectivity index (χ4n) is 3.33. The molecule has 2 fully saturated rings. The van der Waals surface area contributed by atoms with Gasteiger partial charge in [-0.3, -0.25) is 9.69 Å². The normalized spacial score (nSPS) is 23.9. The van der Waals surface area contributed by atoms with Crippen molar-refractivity contribution in [2.24, 2.45) is 11.7 Å². The Morgan fingerprint density at radius 3 is 2.96 bits per heavy atom. The van der Waals surface area contributed by atoms with Gasteiger partial charge in [0.15, 0.2) is 0 Å². The zero-order valence-electron chi connectivity index (χ0n) is 12.8. The number of halogens is 1. The maximum absolute atomic E-state index is 12.6. The minimum Gasteiger partial charge on any atom is -0.349 e. The van der Waals surface area contributed by atoms with E-state index in [0.29, 0.717) is 41.8 Å². The molecular formula is C16H21ClN4O2. The molecule has 4 N–H and O–H groups in total. The zero-order valence-corrected chi connectivity index (χ0v) is 13.6. The maximum Gasteiger partial charge on any atom is 0.321 e. The van der Waals surface area contributed by atoms with Gasteiger partial charge < -0.3 is 16.4 Å². The highest BCUT2D eigenvalue weighted by Gasteiger charge is 2.29. The Labute approximate surface area is 140 Å². The molecule has 7 heteroatoms. The number of benzene rings is 1. The smallest absolute Gasteiger partial charge is 0.321 e. The molecule has 3 amide bonds. The van der Waals surface area contributed by atoms with Crippen LogP contribution in [-0.4, -0.2) is 37.6 Å². The molecule has 0 radical (unpaired) electrons. The van der Waals surface area contributed by atoms with E-state index >= 15 is 0 Å². The molecule has 2 atom stereocenters. The van der Waals surface area contributed by atoms with Crippen LogP contribution in [0.25, 0.3) is 0 Å². The van der Waals surface area contributed by atoms with Crippen molar-refractivity contribution < 1.29 is 9.59 Å². The largest absolute Gasteiger partial charge is 0.349 e. The molecule has 1 aromatic carbocycles. The topological polar surface area (TPSA) is 87.5 Å². The van der Waals surface area contributed by atoms with E-state index in [-0.39, 0.29) is 18.0 Å². The van der Waals surface area contributed by atoms with Gasteiger partial charge in [0.05, 0.1) is 10.6 Å². The number of hydrogen-bond donors (Lipinski definition) is 3. The Morgan fingerprint density at radius 1 is 1.43 bits per heavy atom. The Bertz CT molecular complexity index is 622. The van der Waals surface area contributed by atoms with Crippen molar-refractivity contribution in [2.45, 2.75) is 25.3 Å². The van der Waals surface area contributed by atoms with Crippen molar-refractivity contribution in [1.29, 1.82) is 0 Å². The van der Waals surface area contributed by atoms with Gasteiger partial charge in [0.25, 0.3) is 5.91 Å². The molecule has 1 saturated heterocycles. The molecule has 1 aliphatic heterocycles. The van der Waals surface area contributed by atoms with E-state index < -0.39 is 0 Å². The molecule has 124 valence electrons. The lowest BCUT2D eigenvalue weighted by Crippen LogP contribution is -2.40. The first kappa shape index (κ1) is 16.1. The summed E-state index contributed by atoms with van der Waals surface area (Å²) in [5, 5.41) is 6.17. The van der Waals surface area contributed by atoms with Gasteiger partial charge in [0.2, 0.25) is 0 Å². The van der Waals surface area contributed by atoms with Crippen molar-refractivity contribution in [3.8, 4) is 0 Å². The number of hydrogen-bond acceptors (Lipinski definition) is 3.